The summed E-state index contributed by atoms with van der Waals surface area (Å²) < 4.78 is 0. The van der Waals surface area contributed by atoms with Gasteiger partial charge in [-0.15, -0.1) is 35.3 Å². The minimum Gasteiger partial charge on any atom is -0.357 e. The van der Waals surface area contributed by atoms with Crippen LogP contribution in [0.15, 0.2) is 34.6 Å². The standard InChI is InChI=1S/C21H29N5OS.HI/c1-4-22-21(25(3)14-19-15-28-16(2)24-19)23-12-17-7-5-8-18(11-17)13-26-10-6-9-20(26)27;/h5,7-8,11,15H,4,6,9-10,12-14H2,1-3H3,(H,22,23);1H. The van der Waals surface area contributed by atoms with E-state index in [-0.39, 0.29) is 29.9 Å². The van der Waals surface area contributed by atoms with Crippen LogP contribution in [-0.2, 0) is 24.4 Å². The van der Waals surface area contributed by atoms with E-state index in [1.54, 1.807) is 11.3 Å². The molecule has 29 heavy (non-hydrogen) atoms. The number of hydrogen-bond donors (Lipinski definition) is 1. The number of benzene rings is 1. The van der Waals surface area contributed by atoms with Crippen molar-refractivity contribution in [2.45, 2.75) is 46.3 Å². The average molecular weight is 527 g/mol. The first kappa shape index (κ1) is 23.6. The van der Waals surface area contributed by atoms with Crippen molar-refractivity contribution >= 4 is 47.2 Å². The third-order valence-electron chi connectivity index (χ3n) is 4.71. The molecule has 1 amide bonds. The Labute approximate surface area is 194 Å². The van der Waals surface area contributed by atoms with Gasteiger partial charge in [0.15, 0.2) is 5.96 Å². The molecule has 8 heteroatoms. The molecule has 1 aliphatic heterocycles. The molecule has 0 unspecified atom stereocenters. The van der Waals surface area contributed by atoms with Crippen molar-refractivity contribution in [3.63, 3.8) is 0 Å². The number of aromatic nitrogens is 1. The average Bonchev–Trinajstić information content (AvgIpc) is 3.27. The molecule has 158 valence electrons. The zero-order valence-electron chi connectivity index (χ0n) is 17.4. The number of thiazole rings is 1. The van der Waals surface area contributed by atoms with Crippen LogP contribution in [0.1, 0.15) is 41.6 Å². The summed E-state index contributed by atoms with van der Waals surface area (Å²) in [6, 6.07) is 8.38. The fraction of sp³-hybridized carbons (Fsp3) is 0.476. The van der Waals surface area contributed by atoms with Crippen LogP contribution in [0, 0.1) is 6.92 Å². The number of nitrogens with one attached hydrogen (secondary N) is 1. The fourth-order valence-corrected chi connectivity index (χ4v) is 3.96. The Morgan fingerprint density at radius 1 is 1.38 bits per heavy atom. The molecule has 2 aromatic rings. The topological polar surface area (TPSA) is 60.8 Å². The first-order chi connectivity index (χ1) is 13.5. The minimum absolute atomic E-state index is 0. The number of likely N-dealkylation sites (tertiary alicyclic amines) is 1. The highest BCUT2D eigenvalue weighted by atomic mass is 127. The van der Waals surface area contributed by atoms with Crippen LogP contribution < -0.4 is 5.32 Å². The Hall–Kier alpha value is -1.68. The van der Waals surface area contributed by atoms with Gasteiger partial charge >= 0.3 is 0 Å². The summed E-state index contributed by atoms with van der Waals surface area (Å²) in [5, 5.41) is 6.54. The molecule has 1 aliphatic rings. The number of nitrogens with zero attached hydrogens (tertiary/aromatic N) is 4. The fourth-order valence-electron chi connectivity index (χ4n) is 3.35. The maximum Gasteiger partial charge on any atom is 0.222 e. The Balaban J connectivity index is 0.00000300. The highest BCUT2D eigenvalue weighted by molar-refractivity contribution is 14.0. The van der Waals surface area contributed by atoms with Crippen molar-refractivity contribution in [1.82, 2.24) is 20.1 Å². The molecule has 0 saturated carbocycles. The van der Waals surface area contributed by atoms with Crippen molar-refractivity contribution < 1.29 is 4.79 Å². The lowest BCUT2D eigenvalue weighted by molar-refractivity contribution is -0.128. The van der Waals surface area contributed by atoms with E-state index in [1.807, 2.05) is 18.9 Å². The van der Waals surface area contributed by atoms with Crippen molar-refractivity contribution in [3.8, 4) is 0 Å². The van der Waals surface area contributed by atoms with Crippen LogP contribution in [0.5, 0.6) is 0 Å². The summed E-state index contributed by atoms with van der Waals surface area (Å²) in [5.41, 5.74) is 3.38. The van der Waals surface area contributed by atoms with Gasteiger partial charge in [-0.05, 0) is 31.4 Å². The molecule has 0 atom stereocenters. The van der Waals surface area contributed by atoms with E-state index in [1.165, 1.54) is 5.56 Å². The smallest absolute Gasteiger partial charge is 0.222 e. The maximum absolute atomic E-state index is 11.9. The van der Waals surface area contributed by atoms with Crippen molar-refractivity contribution in [1.29, 1.82) is 0 Å². The van der Waals surface area contributed by atoms with Gasteiger partial charge < -0.3 is 15.1 Å². The van der Waals surface area contributed by atoms with Crippen LogP contribution >= 0.6 is 35.3 Å². The Bertz CT molecular complexity index is 838. The monoisotopic (exact) mass is 527 g/mol. The lowest BCUT2D eigenvalue weighted by Gasteiger charge is -2.21. The van der Waals surface area contributed by atoms with Crippen LogP contribution in [0.3, 0.4) is 0 Å². The third-order valence-corrected chi connectivity index (χ3v) is 5.53. The molecule has 1 aromatic carbocycles. The molecule has 2 heterocycles. The molecule has 1 N–H and O–H groups in total. The number of aryl methyl sites for hydroxylation is 1. The van der Waals surface area contributed by atoms with E-state index < -0.39 is 0 Å². The quantitative estimate of drug-likeness (QED) is 0.338. The molecular weight excluding hydrogens is 497 g/mol. The van der Waals surface area contributed by atoms with Gasteiger partial charge in [0.25, 0.3) is 0 Å². The highest BCUT2D eigenvalue weighted by Crippen LogP contribution is 2.16. The normalized spacial score (nSPS) is 14.1. The number of guanidine groups is 1. The number of aliphatic imine (C=N–C) groups is 1. The van der Waals surface area contributed by atoms with Crippen molar-refractivity contribution in [2.24, 2.45) is 4.99 Å². The van der Waals surface area contributed by atoms with Crippen LogP contribution in [0.2, 0.25) is 0 Å². The molecule has 0 aliphatic carbocycles. The van der Waals surface area contributed by atoms with Gasteiger partial charge in [-0.2, -0.15) is 0 Å². The van der Waals surface area contributed by atoms with Gasteiger partial charge in [0, 0.05) is 38.5 Å². The number of rotatable bonds is 7. The largest absolute Gasteiger partial charge is 0.357 e. The highest BCUT2D eigenvalue weighted by Gasteiger charge is 2.19. The van der Waals surface area contributed by atoms with Crippen molar-refractivity contribution in [3.05, 3.63) is 51.5 Å². The summed E-state index contributed by atoms with van der Waals surface area (Å²) >= 11 is 1.67. The lowest BCUT2D eigenvalue weighted by atomic mass is 10.1. The Kier molecular flexibility index (Phi) is 9.35. The van der Waals surface area contributed by atoms with E-state index in [4.69, 9.17) is 4.99 Å². The zero-order valence-corrected chi connectivity index (χ0v) is 20.5. The van der Waals surface area contributed by atoms with E-state index in [9.17, 15) is 4.79 Å². The Morgan fingerprint density at radius 2 is 2.17 bits per heavy atom. The molecular formula is C21H30IN5OS. The van der Waals surface area contributed by atoms with E-state index >= 15 is 0 Å². The molecule has 1 saturated heterocycles. The molecule has 0 bridgehead atoms. The second-order valence-electron chi connectivity index (χ2n) is 7.12. The predicted octanol–water partition coefficient (Wildman–Crippen LogP) is 3.79. The number of carbonyl (C=O) groups excluding carboxylic acids is 1. The second-order valence-corrected chi connectivity index (χ2v) is 8.19. The van der Waals surface area contributed by atoms with Gasteiger partial charge in [-0.3, -0.25) is 4.79 Å². The van der Waals surface area contributed by atoms with Gasteiger partial charge in [0.2, 0.25) is 5.91 Å². The van der Waals surface area contributed by atoms with Crippen LogP contribution in [-0.4, -0.2) is 46.8 Å². The minimum atomic E-state index is 0. The molecule has 3 rings (SSSR count). The third kappa shape index (κ3) is 6.95. The van der Waals surface area contributed by atoms with Crippen molar-refractivity contribution in [2.75, 3.05) is 20.1 Å². The number of halogens is 1. The van der Waals surface area contributed by atoms with Gasteiger partial charge in [-0.1, -0.05) is 24.3 Å². The molecule has 0 spiro atoms. The number of hydrogen-bond acceptors (Lipinski definition) is 4. The molecule has 1 fully saturated rings. The molecule has 1 aromatic heterocycles. The van der Waals surface area contributed by atoms with Crippen LogP contribution in [0.4, 0.5) is 0 Å². The van der Waals surface area contributed by atoms with Crippen LogP contribution in [0.25, 0.3) is 0 Å². The predicted molar refractivity (Wildman–Crippen MR) is 130 cm³/mol. The zero-order chi connectivity index (χ0) is 19.9. The second kappa shape index (κ2) is 11.5. The SMILES string of the molecule is CCNC(=NCc1cccc(CN2CCCC2=O)c1)N(C)Cc1csc(C)n1.I. The summed E-state index contributed by atoms with van der Waals surface area (Å²) in [4.78, 5) is 25.2. The lowest BCUT2D eigenvalue weighted by Crippen LogP contribution is -2.38. The molecule has 6 nitrogen and oxygen atoms in total. The van der Waals surface area contributed by atoms with E-state index in [0.29, 0.717) is 19.5 Å². The summed E-state index contributed by atoms with van der Waals surface area (Å²) in [5.74, 6) is 1.13. The summed E-state index contributed by atoms with van der Waals surface area (Å²) in [7, 11) is 2.03. The first-order valence-corrected chi connectivity index (χ1v) is 10.7. The maximum atomic E-state index is 11.9. The number of carbonyl (C=O) groups is 1. The number of amides is 1. The summed E-state index contributed by atoms with van der Waals surface area (Å²) in [6.07, 6.45) is 1.65. The summed E-state index contributed by atoms with van der Waals surface area (Å²) in [6.45, 7) is 7.81. The molecule has 0 radical (unpaired) electrons. The first-order valence-electron chi connectivity index (χ1n) is 9.81. The van der Waals surface area contributed by atoms with Gasteiger partial charge in [-0.25, -0.2) is 9.98 Å². The van der Waals surface area contributed by atoms with Gasteiger partial charge in [0.1, 0.15) is 0 Å². The van der Waals surface area contributed by atoms with E-state index in [2.05, 4.69) is 51.8 Å². The van der Waals surface area contributed by atoms with E-state index in [0.717, 1.165) is 48.3 Å². The van der Waals surface area contributed by atoms with Gasteiger partial charge in [0.05, 0.1) is 23.8 Å². The Morgan fingerprint density at radius 3 is 2.83 bits per heavy atom.